The third kappa shape index (κ3) is 4.56. The van der Waals surface area contributed by atoms with Gasteiger partial charge >= 0.3 is 5.97 Å². The van der Waals surface area contributed by atoms with Crippen LogP contribution in [0.3, 0.4) is 0 Å². The third-order valence-corrected chi connectivity index (χ3v) is 4.06. The molecule has 1 aromatic heterocycles. The number of para-hydroxylation sites is 1. The van der Waals surface area contributed by atoms with Crippen LogP contribution in [-0.2, 0) is 14.3 Å². The minimum Gasteiger partial charge on any atom is -0.496 e. The van der Waals surface area contributed by atoms with Crippen molar-refractivity contribution in [2.75, 3.05) is 27.4 Å². The molecule has 2 rings (SSSR count). The standard InChI is InChI=1S/C17H19NO5S/c1-21-10-9-18-16(19)15(12-6-3-4-7-13(12)22-2)23-17(20)14-8-5-11-24-14/h3-8,11,15H,9-10H2,1-2H3,(H,18,19)/t15-/m1/s1. The molecule has 0 aliphatic carbocycles. The zero-order chi connectivity index (χ0) is 17.4. The Morgan fingerprint density at radius 3 is 2.62 bits per heavy atom. The number of carbonyl (C=O) groups excluding carboxylic acids is 2. The smallest absolute Gasteiger partial charge is 0.349 e. The van der Waals surface area contributed by atoms with Crippen molar-refractivity contribution in [3.8, 4) is 5.75 Å². The lowest BCUT2D eigenvalue weighted by Crippen LogP contribution is -2.34. The zero-order valence-corrected chi connectivity index (χ0v) is 14.3. The molecule has 0 fully saturated rings. The highest BCUT2D eigenvalue weighted by Gasteiger charge is 2.28. The van der Waals surface area contributed by atoms with Gasteiger partial charge in [-0.3, -0.25) is 4.79 Å². The fourth-order valence-corrected chi connectivity index (χ4v) is 2.68. The van der Waals surface area contributed by atoms with Gasteiger partial charge in [0.25, 0.3) is 5.91 Å². The number of ether oxygens (including phenoxy) is 3. The molecule has 7 heteroatoms. The first-order chi connectivity index (χ1) is 11.7. The normalized spacial score (nSPS) is 11.6. The van der Waals surface area contributed by atoms with E-state index in [0.29, 0.717) is 29.3 Å². The van der Waals surface area contributed by atoms with Gasteiger partial charge in [-0.25, -0.2) is 4.79 Å². The van der Waals surface area contributed by atoms with Crippen LogP contribution in [-0.4, -0.2) is 39.2 Å². The predicted octanol–water partition coefficient (Wildman–Crippen LogP) is 2.42. The molecule has 0 radical (unpaired) electrons. The molecule has 1 atom stereocenters. The highest BCUT2D eigenvalue weighted by molar-refractivity contribution is 7.11. The van der Waals surface area contributed by atoms with Crippen LogP contribution in [0.15, 0.2) is 41.8 Å². The molecule has 1 N–H and O–H groups in total. The van der Waals surface area contributed by atoms with E-state index in [2.05, 4.69) is 5.32 Å². The maximum atomic E-state index is 12.5. The molecule has 2 aromatic rings. The quantitative estimate of drug-likeness (QED) is 0.585. The number of hydrogen-bond donors (Lipinski definition) is 1. The van der Waals surface area contributed by atoms with Crippen molar-refractivity contribution in [1.82, 2.24) is 5.32 Å². The molecule has 0 spiro atoms. The molecule has 0 aliphatic heterocycles. The number of amides is 1. The van der Waals surface area contributed by atoms with E-state index in [4.69, 9.17) is 14.2 Å². The maximum absolute atomic E-state index is 12.5. The van der Waals surface area contributed by atoms with Crippen molar-refractivity contribution in [3.05, 3.63) is 52.2 Å². The molecule has 0 unspecified atom stereocenters. The predicted molar refractivity (Wildman–Crippen MR) is 90.4 cm³/mol. The summed E-state index contributed by atoms with van der Waals surface area (Å²) in [4.78, 5) is 25.2. The number of carbonyl (C=O) groups is 2. The number of thiophene rings is 1. The van der Waals surface area contributed by atoms with Gasteiger partial charge in [0.1, 0.15) is 10.6 Å². The molecule has 0 aliphatic rings. The molecular formula is C17H19NO5S. The lowest BCUT2D eigenvalue weighted by molar-refractivity contribution is -0.130. The van der Waals surface area contributed by atoms with Crippen molar-refractivity contribution in [2.24, 2.45) is 0 Å². The van der Waals surface area contributed by atoms with E-state index in [9.17, 15) is 9.59 Å². The first kappa shape index (κ1) is 18.0. The number of esters is 1. The molecule has 0 bridgehead atoms. The minimum absolute atomic E-state index is 0.317. The summed E-state index contributed by atoms with van der Waals surface area (Å²) in [6.45, 7) is 0.681. The summed E-state index contributed by atoms with van der Waals surface area (Å²) in [6.07, 6.45) is -1.10. The van der Waals surface area contributed by atoms with Crippen LogP contribution in [0.25, 0.3) is 0 Å². The van der Waals surface area contributed by atoms with Crippen molar-refractivity contribution in [3.63, 3.8) is 0 Å². The summed E-state index contributed by atoms with van der Waals surface area (Å²) >= 11 is 1.25. The fourth-order valence-electron chi connectivity index (χ4n) is 2.07. The Labute approximate surface area is 144 Å². The molecule has 1 aromatic carbocycles. The summed E-state index contributed by atoms with van der Waals surface area (Å²) < 4.78 is 15.7. The summed E-state index contributed by atoms with van der Waals surface area (Å²) in [6, 6.07) is 10.3. The number of rotatable bonds is 8. The van der Waals surface area contributed by atoms with E-state index in [-0.39, 0.29) is 0 Å². The van der Waals surface area contributed by atoms with Crippen LogP contribution in [0.2, 0.25) is 0 Å². The molecule has 24 heavy (non-hydrogen) atoms. The van der Waals surface area contributed by atoms with Gasteiger partial charge in [-0.1, -0.05) is 24.3 Å². The second-order valence-electron chi connectivity index (χ2n) is 4.79. The summed E-state index contributed by atoms with van der Waals surface area (Å²) in [5, 5.41) is 4.46. The van der Waals surface area contributed by atoms with Crippen molar-refractivity contribution >= 4 is 23.2 Å². The van der Waals surface area contributed by atoms with Gasteiger partial charge in [0, 0.05) is 19.2 Å². The van der Waals surface area contributed by atoms with Crippen LogP contribution < -0.4 is 10.1 Å². The maximum Gasteiger partial charge on any atom is 0.349 e. The van der Waals surface area contributed by atoms with Crippen molar-refractivity contribution < 1.29 is 23.8 Å². The molecule has 128 valence electrons. The number of methoxy groups -OCH3 is 2. The molecule has 1 heterocycles. The van der Waals surface area contributed by atoms with Gasteiger partial charge in [0.2, 0.25) is 6.10 Å². The van der Waals surface area contributed by atoms with E-state index in [1.54, 1.807) is 48.9 Å². The van der Waals surface area contributed by atoms with Gasteiger partial charge < -0.3 is 19.5 Å². The van der Waals surface area contributed by atoms with E-state index >= 15 is 0 Å². The average Bonchev–Trinajstić information content (AvgIpc) is 3.14. The van der Waals surface area contributed by atoms with Crippen LogP contribution in [0.4, 0.5) is 0 Å². The minimum atomic E-state index is -1.10. The highest BCUT2D eigenvalue weighted by atomic mass is 32.1. The Balaban J connectivity index is 2.23. The van der Waals surface area contributed by atoms with E-state index < -0.39 is 18.0 Å². The second-order valence-corrected chi connectivity index (χ2v) is 5.74. The van der Waals surface area contributed by atoms with Crippen molar-refractivity contribution in [2.45, 2.75) is 6.10 Å². The first-order valence-electron chi connectivity index (χ1n) is 7.31. The number of nitrogens with one attached hydrogen (secondary N) is 1. The lowest BCUT2D eigenvalue weighted by Gasteiger charge is -2.19. The van der Waals surface area contributed by atoms with E-state index in [1.165, 1.54) is 18.4 Å². The van der Waals surface area contributed by atoms with Gasteiger partial charge in [0.15, 0.2) is 0 Å². The Bertz CT molecular complexity index is 671. The Hall–Kier alpha value is -2.38. The molecule has 6 nitrogen and oxygen atoms in total. The molecule has 0 saturated carbocycles. The summed E-state index contributed by atoms with van der Waals surface area (Å²) in [5.74, 6) is -0.507. The SMILES string of the molecule is COCCNC(=O)[C@H](OC(=O)c1cccs1)c1ccccc1OC. The summed E-state index contributed by atoms with van der Waals surface area (Å²) in [7, 11) is 3.04. The number of benzene rings is 1. The van der Waals surface area contributed by atoms with Gasteiger partial charge in [-0.2, -0.15) is 0 Å². The highest BCUT2D eigenvalue weighted by Crippen LogP contribution is 2.29. The molecule has 0 saturated heterocycles. The summed E-state index contributed by atoms with van der Waals surface area (Å²) in [5.41, 5.74) is 0.486. The second kappa shape index (κ2) is 9.05. The van der Waals surface area contributed by atoms with Crippen LogP contribution in [0.5, 0.6) is 5.75 Å². The lowest BCUT2D eigenvalue weighted by atomic mass is 10.1. The van der Waals surface area contributed by atoms with Crippen molar-refractivity contribution in [1.29, 1.82) is 0 Å². The van der Waals surface area contributed by atoms with Gasteiger partial charge in [0.05, 0.1) is 13.7 Å². The Kier molecular flexibility index (Phi) is 6.77. The molecular weight excluding hydrogens is 330 g/mol. The number of hydrogen-bond acceptors (Lipinski definition) is 6. The van der Waals surface area contributed by atoms with E-state index in [0.717, 1.165) is 0 Å². The van der Waals surface area contributed by atoms with Gasteiger partial charge in [-0.15, -0.1) is 11.3 Å². The van der Waals surface area contributed by atoms with Crippen LogP contribution in [0.1, 0.15) is 21.3 Å². The van der Waals surface area contributed by atoms with Gasteiger partial charge in [-0.05, 0) is 17.5 Å². The monoisotopic (exact) mass is 349 g/mol. The largest absolute Gasteiger partial charge is 0.496 e. The fraction of sp³-hybridized carbons (Fsp3) is 0.294. The van der Waals surface area contributed by atoms with Crippen LogP contribution in [0, 0.1) is 0 Å². The topological polar surface area (TPSA) is 73.9 Å². The van der Waals surface area contributed by atoms with Crippen LogP contribution >= 0.6 is 11.3 Å². The first-order valence-corrected chi connectivity index (χ1v) is 8.19. The van der Waals surface area contributed by atoms with E-state index in [1.807, 2.05) is 0 Å². The Morgan fingerprint density at radius 2 is 1.96 bits per heavy atom. The Morgan fingerprint density at radius 1 is 1.17 bits per heavy atom. The third-order valence-electron chi connectivity index (χ3n) is 3.21. The molecule has 1 amide bonds. The zero-order valence-electron chi connectivity index (χ0n) is 13.5. The average molecular weight is 349 g/mol.